The van der Waals surface area contributed by atoms with E-state index in [4.69, 9.17) is 14.7 Å². The number of imidazole rings is 1. The molecule has 7 nitrogen and oxygen atoms in total. The van der Waals surface area contributed by atoms with E-state index in [9.17, 15) is 14.0 Å². The van der Waals surface area contributed by atoms with E-state index in [0.29, 0.717) is 23.8 Å². The number of aromatic nitrogens is 3. The van der Waals surface area contributed by atoms with E-state index >= 15 is 0 Å². The van der Waals surface area contributed by atoms with Gasteiger partial charge in [-0.25, -0.2) is 19.2 Å². The zero-order valence-electron chi connectivity index (χ0n) is 28.2. The maximum atomic E-state index is 13.9. The number of ether oxygens (including phenoxy) is 1. The lowest BCUT2D eigenvalue weighted by molar-refractivity contribution is 0.0526. The van der Waals surface area contributed by atoms with Crippen LogP contribution in [0.2, 0.25) is 0 Å². The molecule has 2 aliphatic rings. The number of benzene rings is 4. The number of nitrogens with zero attached hydrogens (tertiary/aromatic N) is 4. The van der Waals surface area contributed by atoms with Gasteiger partial charge < -0.3 is 14.2 Å². The molecule has 8 heteroatoms. The molecule has 252 valence electrons. The van der Waals surface area contributed by atoms with Crippen LogP contribution >= 0.6 is 0 Å². The molecular weight excluding hydrogens is 627 g/mol. The molecule has 2 fully saturated rings. The van der Waals surface area contributed by atoms with Crippen LogP contribution in [0.15, 0.2) is 91.0 Å². The predicted molar refractivity (Wildman–Crippen MR) is 195 cm³/mol. The Kier molecular flexibility index (Phi) is 8.61. The normalized spacial score (nSPS) is 15.2. The van der Waals surface area contributed by atoms with Gasteiger partial charge in [-0.1, -0.05) is 43.5 Å². The van der Waals surface area contributed by atoms with Crippen LogP contribution in [0.1, 0.15) is 78.6 Å². The minimum absolute atomic E-state index is 0.0232. The minimum atomic E-state index is -0.343. The largest absolute Gasteiger partial charge is 0.462 e. The highest BCUT2D eigenvalue weighted by molar-refractivity contribution is 5.98. The Morgan fingerprint density at radius 1 is 0.740 bits per heavy atom. The van der Waals surface area contributed by atoms with E-state index in [1.807, 2.05) is 60.4 Å². The van der Waals surface area contributed by atoms with Crippen molar-refractivity contribution in [3.63, 3.8) is 0 Å². The number of carbonyl (C=O) groups excluding carboxylic acids is 2. The van der Waals surface area contributed by atoms with Crippen LogP contribution in [0.4, 0.5) is 4.39 Å². The number of halogens is 1. The lowest BCUT2D eigenvalue weighted by Crippen LogP contribution is -2.27. The lowest BCUT2D eigenvalue weighted by Gasteiger charge is -2.25. The van der Waals surface area contributed by atoms with Gasteiger partial charge in [-0.15, -0.1) is 0 Å². The number of rotatable bonds is 7. The van der Waals surface area contributed by atoms with E-state index in [1.165, 1.54) is 31.4 Å². The van der Waals surface area contributed by atoms with E-state index < -0.39 is 0 Å². The van der Waals surface area contributed by atoms with Crippen molar-refractivity contribution in [3.05, 3.63) is 108 Å². The molecule has 1 aliphatic heterocycles. The second-order valence-electron chi connectivity index (χ2n) is 13.4. The molecule has 2 aromatic heterocycles. The van der Waals surface area contributed by atoms with E-state index in [1.54, 1.807) is 12.1 Å². The minimum Gasteiger partial charge on any atom is -0.462 e. The highest BCUT2D eigenvalue weighted by atomic mass is 19.1. The summed E-state index contributed by atoms with van der Waals surface area (Å²) in [5.74, 6) is 0.261. The predicted octanol–water partition coefficient (Wildman–Crippen LogP) is 9.64. The number of amides is 1. The fourth-order valence-corrected chi connectivity index (χ4v) is 7.64. The third-order valence-corrected chi connectivity index (χ3v) is 10.2. The molecule has 1 amide bonds. The molecule has 0 spiro atoms. The summed E-state index contributed by atoms with van der Waals surface area (Å²) in [6, 6.07) is 28.5. The zero-order valence-corrected chi connectivity index (χ0v) is 28.2. The van der Waals surface area contributed by atoms with Gasteiger partial charge in [0.1, 0.15) is 11.6 Å². The van der Waals surface area contributed by atoms with Crippen LogP contribution in [0.25, 0.3) is 55.7 Å². The van der Waals surface area contributed by atoms with Crippen molar-refractivity contribution in [2.45, 2.75) is 57.9 Å². The van der Waals surface area contributed by atoms with Gasteiger partial charge in [0.25, 0.3) is 5.91 Å². The number of fused-ring (bicyclic) bond motifs is 2. The molecule has 50 heavy (non-hydrogen) atoms. The summed E-state index contributed by atoms with van der Waals surface area (Å²) in [5, 5.41) is 0.966. The summed E-state index contributed by atoms with van der Waals surface area (Å²) < 4.78 is 21.5. The third-order valence-electron chi connectivity index (χ3n) is 10.2. The van der Waals surface area contributed by atoms with Crippen molar-refractivity contribution < 1.29 is 18.7 Å². The molecule has 1 saturated carbocycles. The smallest absolute Gasteiger partial charge is 0.338 e. The van der Waals surface area contributed by atoms with Gasteiger partial charge >= 0.3 is 5.97 Å². The number of carbonyl (C=O) groups is 2. The molecule has 1 aliphatic carbocycles. The summed E-state index contributed by atoms with van der Waals surface area (Å²) in [4.78, 5) is 38.1. The van der Waals surface area contributed by atoms with Gasteiger partial charge in [0, 0.05) is 41.2 Å². The van der Waals surface area contributed by atoms with Crippen molar-refractivity contribution in [3.8, 4) is 33.8 Å². The molecule has 0 radical (unpaired) electrons. The maximum Gasteiger partial charge on any atom is 0.338 e. The Hall–Kier alpha value is -5.37. The number of likely N-dealkylation sites (tertiary alicyclic amines) is 1. The van der Waals surface area contributed by atoms with Crippen LogP contribution in [0.5, 0.6) is 0 Å². The van der Waals surface area contributed by atoms with Crippen LogP contribution in [0, 0.1) is 5.82 Å². The van der Waals surface area contributed by atoms with Gasteiger partial charge in [0.2, 0.25) is 0 Å². The first kappa shape index (κ1) is 31.9. The second-order valence-corrected chi connectivity index (χ2v) is 13.4. The maximum absolute atomic E-state index is 13.9. The summed E-state index contributed by atoms with van der Waals surface area (Å²) >= 11 is 0. The van der Waals surface area contributed by atoms with Crippen LogP contribution in [-0.4, -0.2) is 51.0 Å². The summed E-state index contributed by atoms with van der Waals surface area (Å²) in [5.41, 5.74) is 8.02. The molecule has 1 saturated heterocycles. The van der Waals surface area contributed by atoms with Gasteiger partial charge in [-0.05, 0) is 110 Å². The Morgan fingerprint density at radius 3 is 2.28 bits per heavy atom. The fourth-order valence-electron chi connectivity index (χ4n) is 7.64. The van der Waals surface area contributed by atoms with E-state index in [-0.39, 0.29) is 17.7 Å². The van der Waals surface area contributed by atoms with Crippen LogP contribution in [-0.2, 0) is 4.74 Å². The molecule has 0 bridgehead atoms. The Balaban J connectivity index is 1.21. The first-order valence-electron chi connectivity index (χ1n) is 17.8. The van der Waals surface area contributed by atoms with Crippen molar-refractivity contribution in [1.29, 1.82) is 0 Å². The molecule has 4 aromatic carbocycles. The summed E-state index contributed by atoms with van der Waals surface area (Å²) in [7, 11) is 0. The van der Waals surface area contributed by atoms with Crippen molar-refractivity contribution >= 4 is 33.8 Å². The van der Waals surface area contributed by atoms with Crippen molar-refractivity contribution in [2.75, 3.05) is 19.7 Å². The second kappa shape index (κ2) is 13.5. The standard InChI is InChI=1S/C42H39FN4O3/c1-2-50-42(49)31-15-21-39-38(26-31)45-40(47(39)33-8-4-3-5-9-33)29-14-19-36-28(24-29)13-20-37(44-36)35-25-30(41(48)46-22-6-7-23-46)12-18-34(35)27-10-16-32(43)17-11-27/h10-21,24-26,33H,2-9,22-23H2,1H3. The Morgan fingerprint density at radius 2 is 1.50 bits per heavy atom. The Bertz CT molecular complexity index is 2230. The number of esters is 1. The van der Waals surface area contributed by atoms with E-state index in [2.05, 4.69) is 22.8 Å². The van der Waals surface area contributed by atoms with Gasteiger partial charge in [0.05, 0.1) is 34.4 Å². The van der Waals surface area contributed by atoms with Crippen LogP contribution < -0.4 is 0 Å². The highest BCUT2D eigenvalue weighted by Crippen LogP contribution is 2.38. The average Bonchev–Trinajstić information content (AvgIpc) is 3.84. The molecule has 3 heterocycles. The quantitative estimate of drug-likeness (QED) is 0.159. The number of hydrogen-bond acceptors (Lipinski definition) is 5. The monoisotopic (exact) mass is 666 g/mol. The summed E-state index contributed by atoms with van der Waals surface area (Å²) in [6.07, 6.45) is 7.82. The van der Waals surface area contributed by atoms with Gasteiger partial charge in [0.15, 0.2) is 0 Å². The topological polar surface area (TPSA) is 77.3 Å². The van der Waals surface area contributed by atoms with Crippen LogP contribution in [0.3, 0.4) is 0 Å². The van der Waals surface area contributed by atoms with Gasteiger partial charge in [-0.2, -0.15) is 0 Å². The van der Waals surface area contributed by atoms with Crippen molar-refractivity contribution in [1.82, 2.24) is 19.4 Å². The molecule has 6 aromatic rings. The van der Waals surface area contributed by atoms with Crippen molar-refractivity contribution in [2.24, 2.45) is 0 Å². The third kappa shape index (κ3) is 6.04. The molecule has 8 rings (SSSR count). The Labute approximate surface area is 290 Å². The number of hydrogen-bond donors (Lipinski definition) is 0. The molecular formula is C42H39FN4O3. The first-order chi connectivity index (χ1) is 24.5. The first-order valence-corrected chi connectivity index (χ1v) is 17.8. The highest BCUT2D eigenvalue weighted by Gasteiger charge is 2.24. The summed E-state index contributed by atoms with van der Waals surface area (Å²) in [6.45, 7) is 3.67. The lowest BCUT2D eigenvalue weighted by atomic mass is 9.94. The SMILES string of the molecule is CCOC(=O)c1ccc2c(c1)nc(-c1ccc3nc(-c4cc(C(=O)N5CCCC5)ccc4-c4ccc(F)cc4)ccc3c1)n2C1CCCCC1. The molecule has 0 atom stereocenters. The van der Waals surface area contributed by atoms with Gasteiger partial charge in [-0.3, -0.25) is 4.79 Å². The number of pyridine rings is 1. The molecule has 0 unspecified atom stereocenters. The van der Waals surface area contributed by atoms with E-state index in [0.717, 1.165) is 94.5 Å². The average molecular weight is 667 g/mol. The zero-order chi connectivity index (χ0) is 34.2. The molecule has 0 N–H and O–H groups in total. The fraction of sp³-hybridized carbons (Fsp3) is 0.286.